The molecule has 0 bridgehead atoms. The van der Waals surface area contributed by atoms with Gasteiger partial charge in [0.1, 0.15) is 0 Å². The van der Waals surface area contributed by atoms with Crippen LogP contribution in [0.2, 0.25) is 0 Å². The molecule has 2 N–H and O–H groups in total. The van der Waals surface area contributed by atoms with Gasteiger partial charge in [0.05, 0.1) is 11.9 Å². The molecule has 0 aliphatic heterocycles. The van der Waals surface area contributed by atoms with Crippen molar-refractivity contribution in [2.75, 3.05) is 0 Å². The molecule has 4 heteroatoms. The second-order valence-corrected chi connectivity index (χ2v) is 5.97. The van der Waals surface area contributed by atoms with E-state index in [1.807, 2.05) is 10.9 Å². The molecule has 1 aliphatic carbocycles. The van der Waals surface area contributed by atoms with Crippen molar-refractivity contribution in [1.82, 2.24) is 15.0 Å². The summed E-state index contributed by atoms with van der Waals surface area (Å²) < 4.78 is 2.05. The Morgan fingerprint density at radius 1 is 1.44 bits per heavy atom. The van der Waals surface area contributed by atoms with Gasteiger partial charge in [0.15, 0.2) is 0 Å². The van der Waals surface area contributed by atoms with Gasteiger partial charge in [-0.05, 0) is 37.5 Å². The van der Waals surface area contributed by atoms with E-state index in [4.69, 9.17) is 5.73 Å². The average molecular weight is 250 g/mol. The van der Waals surface area contributed by atoms with Crippen LogP contribution in [0, 0.1) is 11.8 Å². The Bertz CT molecular complexity index is 372. The molecule has 1 saturated carbocycles. The first-order valence-corrected chi connectivity index (χ1v) is 7.27. The van der Waals surface area contributed by atoms with Crippen molar-refractivity contribution in [3.63, 3.8) is 0 Å². The number of hydrogen-bond donors (Lipinski definition) is 1. The SMILES string of the molecule is CCCn1nncc1C1CC(C(C)C)CCC1N. The van der Waals surface area contributed by atoms with Crippen LogP contribution in [0.25, 0.3) is 0 Å². The Morgan fingerprint density at radius 3 is 2.89 bits per heavy atom. The molecule has 1 aromatic heterocycles. The van der Waals surface area contributed by atoms with Crippen LogP contribution in [-0.4, -0.2) is 21.0 Å². The molecule has 3 unspecified atom stereocenters. The Hall–Kier alpha value is -0.900. The zero-order chi connectivity index (χ0) is 13.1. The zero-order valence-corrected chi connectivity index (χ0v) is 11.8. The maximum Gasteiger partial charge on any atom is 0.0728 e. The van der Waals surface area contributed by atoms with Crippen LogP contribution >= 0.6 is 0 Å². The van der Waals surface area contributed by atoms with E-state index in [0.717, 1.165) is 31.2 Å². The van der Waals surface area contributed by atoms with Crippen molar-refractivity contribution in [3.8, 4) is 0 Å². The Balaban J connectivity index is 2.16. The molecule has 0 spiro atoms. The van der Waals surface area contributed by atoms with E-state index < -0.39 is 0 Å². The topological polar surface area (TPSA) is 56.7 Å². The first-order chi connectivity index (χ1) is 8.63. The summed E-state index contributed by atoms with van der Waals surface area (Å²) >= 11 is 0. The van der Waals surface area contributed by atoms with E-state index in [2.05, 4.69) is 31.1 Å². The maximum atomic E-state index is 6.33. The fourth-order valence-electron chi connectivity index (χ4n) is 3.11. The highest BCUT2D eigenvalue weighted by Gasteiger charge is 2.32. The van der Waals surface area contributed by atoms with Gasteiger partial charge >= 0.3 is 0 Å². The predicted octanol–water partition coefficient (Wildman–Crippen LogP) is 2.56. The summed E-state index contributed by atoms with van der Waals surface area (Å²) in [6.45, 7) is 7.76. The lowest BCUT2D eigenvalue weighted by Gasteiger charge is -2.36. The number of nitrogens with zero attached hydrogens (tertiary/aromatic N) is 3. The largest absolute Gasteiger partial charge is 0.327 e. The van der Waals surface area contributed by atoms with Crippen molar-refractivity contribution < 1.29 is 0 Å². The quantitative estimate of drug-likeness (QED) is 0.893. The fraction of sp³-hybridized carbons (Fsp3) is 0.857. The average Bonchev–Trinajstić information content (AvgIpc) is 2.78. The molecule has 0 aromatic carbocycles. The Labute approximate surface area is 110 Å². The van der Waals surface area contributed by atoms with Crippen molar-refractivity contribution in [1.29, 1.82) is 0 Å². The molecule has 1 aromatic rings. The Kier molecular flexibility index (Phi) is 4.38. The van der Waals surface area contributed by atoms with Crippen LogP contribution in [0.5, 0.6) is 0 Å². The van der Waals surface area contributed by atoms with E-state index in [1.165, 1.54) is 18.5 Å². The van der Waals surface area contributed by atoms with Crippen molar-refractivity contribution in [2.24, 2.45) is 17.6 Å². The van der Waals surface area contributed by atoms with E-state index in [-0.39, 0.29) is 6.04 Å². The smallest absolute Gasteiger partial charge is 0.0728 e. The lowest BCUT2D eigenvalue weighted by atomic mass is 9.73. The summed E-state index contributed by atoms with van der Waals surface area (Å²) in [6, 6.07) is 0.272. The van der Waals surface area contributed by atoms with Crippen molar-refractivity contribution >= 4 is 0 Å². The molecule has 4 nitrogen and oxygen atoms in total. The van der Waals surface area contributed by atoms with Crippen molar-refractivity contribution in [3.05, 3.63) is 11.9 Å². The van der Waals surface area contributed by atoms with E-state index in [1.54, 1.807) is 0 Å². The van der Waals surface area contributed by atoms with Crippen LogP contribution in [0.3, 0.4) is 0 Å². The molecule has 0 amide bonds. The van der Waals surface area contributed by atoms with E-state index in [9.17, 15) is 0 Å². The molecular formula is C14H26N4. The van der Waals surface area contributed by atoms with E-state index >= 15 is 0 Å². The predicted molar refractivity (Wildman–Crippen MR) is 73.2 cm³/mol. The molecule has 0 saturated heterocycles. The second-order valence-electron chi connectivity index (χ2n) is 5.97. The minimum absolute atomic E-state index is 0.272. The van der Waals surface area contributed by atoms with Crippen LogP contribution in [0.1, 0.15) is 58.1 Å². The normalized spacial score (nSPS) is 28.8. The van der Waals surface area contributed by atoms with Gasteiger partial charge in [0, 0.05) is 18.5 Å². The number of rotatable bonds is 4. The lowest BCUT2D eigenvalue weighted by Crippen LogP contribution is -2.37. The first-order valence-electron chi connectivity index (χ1n) is 7.27. The van der Waals surface area contributed by atoms with Gasteiger partial charge in [-0.2, -0.15) is 0 Å². The molecule has 18 heavy (non-hydrogen) atoms. The summed E-state index contributed by atoms with van der Waals surface area (Å²) in [5, 5.41) is 8.27. The molecule has 1 heterocycles. The van der Waals surface area contributed by atoms with Crippen LogP contribution < -0.4 is 5.73 Å². The second kappa shape index (κ2) is 5.83. The highest BCUT2D eigenvalue weighted by Crippen LogP contribution is 2.38. The van der Waals surface area contributed by atoms with Gasteiger partial charge in [0.2, 0.25) is 0 Å². The van der Waals surface area contributed by atoms with Gasteiger partial charge in [-0.15, -0.1) is 5.10 Å². The summed E-state index contributed by atoms with van der Waals surface area (Å²) in [6.07, 6.45) is 6.60. The molecule has 3 atom stereocenters. The third kappa shape index (κ3) is 2.74. The minimum Gasteiger partial charge on any atom is -0.327 e. The van der Waals surface area contributed by atoms with Gasteiger partial charge in [-0.3, -0.25) is 0 Å². The summed E-state index contributed by atoms with van der Waals surface area (Å²) in [4.78, 5) is 0. The summed E-state index contributed by atoms with van der Waals surface area (Å²) in [5.41, 5.74) is 7.57. The van der Waals surface area contributed by atoms with Crippen LogP contribution in [-0.2, 0) is 6.54 Å². The number of nitrogens with two attached hydrogens (primary N) is 1. The number of aromatic nitrogens is 3. The van der Waals surface area contributed by atoms with Gasteiger partial charge in [-0.25, -0.2) is 4.68 Å². The molecule has 1 aliphatic rings. The van der Waals surface area contributed by atoms with Crippen molar-refractivity contribution in [2.45, 2.75) is 65.0 Å². The molecule has 2 rings (SSSR count). The summed E-state index contributed by atoms with van der Waals surface area (Å²) in [5.74, 6) is 1.97. The monoisotopic (exact) mass is 250 g/mol. The summed E-state index contributed by atoms with van der Waals surface area (Å²) in [7, 11) is 0. The minimum atomic E-state index is 0.272. The molecule has 0 radical (unpaired) electrons. The van der Waals surface area contributed by atoms with Crippen LogP contribution in [0.4, 0.5) is 0 Å². The number of aryl methyl sites for hydroxylation is 1. The van der Waals surface area contributed by atoms with Gasteiger partial charge < -0.3 is 5.73 Å². The standard InChI is InChI=1S/C14H26N4/c1-4-7-18-14(9-16-17-18)12-8-11(10(2)3)5-6-13(12)15/h9-13H,4-8,15H2,1-3H3. The first kappa shape index (κ1) is 13.5. The molecular weight excluding hydrogens is 224 g/mol. The maximum absolute atomic E-state index is 6.33. The number of hydrogen-bond acceptors (Lipinski definition) is 3. The van der Waals surface area contributed by atoms with Gasteiger partial charge in [-0.1, -0.05) is 26.0 Å². The zero-order valence-electron chi connectivity index (χ0n) is 11.8. The highest BCUT2D eigenvalue weighted by molar-refractivity contribution is 5.09. The highest BCUT2D eigenvalue weighted by atomic mass is 15.4. The third-order valence-corrected chi connectivity index (χ3v) is 4.35. The van der Waals surface area contributed by atoms with E-state index in [0.29, 0.717) is 5.92 Å². The third-order valence-electron chi connectivity index (χ3n) is 4.35. The van der Waals surface area contributed by atoms with Gasteiger partial charge in [0.25, 0.3) is 0 Å². The fourth-order valence-corrected chi connectivity index (χ4v) is 3.11. The molecule has 102 valence electrons. The Morgan fingerprint density at radius 2 is 2.22 bits per heavy atom. The van der Waals surface area contributed by atoms with Crippen LogP contribution in [0.15, 0.2) is 6.20 Å². The lowest BCUT2D eigenvalue weighted by molar-refractivity contribution is 0.226. The molecule has 1 fully saturated rings.